The van der Waals surface area contributed by atoms with E-state index < -0.39 is 0 Å². The zero-order valence-corrected chi connectivity index (χ0v) is 9.10. The maximum atomic E-state index is 5.72. The molecule has 0 saturated carbocycles. The van der Waals surface area contributed by atoms with Crippen molar-refractivity contribution in [2.75, 3.05) is 24.6 Å². The van der Waals surface area contributed by atoms with Gasteiger partial charge >= 0.3 is 0 Å². The molecule has 0 aromatic carbocycles. The lowest BCUT2D eigenvalue weighted by molar-refractivity contribution is 0.325. The van der Waals surface area contributed by atoms with E-state index >= 15 is 0 Å². The molecule has 0 radical (unpaired) electrons. The van der Waals surface area contributed by atoms with Gasteiger partial charge in [0.2, 0.25) is 5.88 Å². The first-order valence-electron chi connectivity index (χ1n) is 5.18. The summed E-state index contributed by atoms with van der Waals surface area (Å²) in [5.74, 6) is 2.28. The van der Waals surface area contributed by atoms with E-state index in [2.05, 4.69) is 14.9 Å². The summed E-state index contributed by atoms with van der Waals surface area (Å²) < 4.78 is 5.36. The van der Waals surface area contributed by atoms with Gasteiger partial charge in [-0.25, -0.2) is 4.98 Å². The molecule has 2 N–H and O–H groups in total. The van der Waals surface area contributed by atoms with Crippen molar-refractivity contribution in [3.8, 4) is 5.88 Å². The molecule has 5 heteroatoms. The monoisotopic (exact) mass is 208 g/mol. The van der Waals surface area contributed by atoms with Crippen molar-refractivity contribution in [3.05, 3.63) is 11.9 Å². The molecule has 82 valence electrons. The smallest absolute Gasteiger partial charge is 0.218 e. The molecule has 1 saturated heterocycles. The fourth-order valence-electron chi connectivity index (χ4n) is 1.61. The summed E-state index contributed by atoms with van der Waals surface area (Å²) in [7, 11) is 0. The summed E-state index contributed by atoms with van der Waals surface area (Å²) in [6, 6.07) is 2.14. The first kappa shape index (κ1) is 10.2. The van der Waals surface area contributed by atoms with Crippen molar-refractivity contribution in [1.82, 2.24) is 9.97 Å². The quantitative estimate of drug-likeness (QED) is 0.775. The third-order valence-electron chi connectivity index (χ3n) is 2.33. The van der Waals surface area contributed by atoms with Crippen LogP contribution in [0.25, 0.3) is 0 Å². The van der Waals surface area contributed by atoms with Crippen LogP contribution in [0.15, 0.2) is 6.07 Å². The molecule has 2 heterocycles. The number of hydrogen-bond acceptors (Lipinski definition) is 5. The van der Waals surface area contributed by atoms with Crippen molar-refractivity contribution < 1.29 is 4.74 Å². The third-order valence-corrected chi connectivity index (χ3v) is 2.33. The van der Waals surface area contributed by atoms with Crippen molar-refractivity contribution in [1.29, 1.82) is 0 Å². The highest BCUT2D eigenvalue weighted by molar-refractivity contribution is 5.45. The Labute approximate surface area is 89.3 Å². The molecule has 0 spiro atoms. The van der Waals surface area contributed by atoms with E-state index in [1.54, 1.807) is 0 Å². The zero-order valence-electron chi connectivity index (χ0n) is 9.10. The van der Waals surface area contributed by atoms with Crippen LogP contribution in [0.1, 0.15) is 12.7 Å². The second-order valence-corrected chi connectivity index (χ2v) is 3.71. The molecule has 1 aliphatic rings. The fourth-order valence-corrected chi connectivity index (χ4v) is 1.61. The van der Waals surface area contributed by atoms with E-state index in [0.717, 1.165) is 24.7 Å². The van der Waals surface area contributed by atoms with Crippen molar-refractivity contribution >= 4 is 5.82 Å². The van der Waals surface area contributed by atoms with Crippen molar-refractivity contribution in [2.24, 2.45) is 5.73 Å². The van der Waals surface area contributed by atoms with E-state index in [-0.39, 0.29) is 6.04 Å². The van der Waals surface area contributed by atoms with Crippen LogP contribution in [0.4, 0.5) is 5.82 Å². The largest absolute Gasteiger partial charge is 0.478 e. The minimum absolute atomic E-state index is 0.274. The van der Waals surface area contributed by atoms with E-state index in [0.29, 0.717) is 12.5 Å². The summed E-state index contributed by atoms with van der Waals surface area (Å²) >= 11 is 0. The predicted octanol–water partition coefficient (Wildman–Crippen LogP) is 0.331. The van der Waals surface area contributed by atoms with E-state index in [1.807, 2.05) is 19.9 Å². The van der Waals surface area contributed by atoms with Crippen LogP contribution >= 0.6 is 0 Å². The van der Waals surface area contributed by atoms with Gasteiger partial charge in [-0.2, -0.15) is 4.98 Å². The molecule has 1 aromatic heterocycles. The molecule has 1 aliphatic heterocycles. The van der Waals surface area contributed by atoms with Crippen LogP contribution in [0, 0.1) is 6.92 Å². The van der Waals surface area contributed by atoms with Gasteiger partial charge in [0.25, 0.3) is 0 Å². The second-order valence-electron chi connectivity index (χ2n) is 3.71. The van der Waals surface area contributed by atoms with Gasteiger partial charge in [-0.05, 0) is 13.8 Å². The second kappa shape index (κ2) is 4.02. The highest BCUT2D eigenvalue weighted by atomic mass is 16.5. The van der Waals surface area contributed by atoms with Crippen LogP contribution in [0.3, 0.4) is 0 Å². The zero-order chi connectivity index (χ0) is 10.8. The molecule has 1 fully saturated rings. The normalized spacial score (nSPS) is 16.3. The molecule has 0 aliphatic carbocycles. The molecule has 5 nitrogen and oxygen atoms in total. The highest BCUT2D eigenvalue weighted by Gasteiger charge is 2.24. The number of nitrogens with two attached hydrogens (primary N) is 1. The molecular weight excluding hydrogens is 192 g/mol. The third kappa shape index (κ3) is 2.18. The molecule has 0 atom stereocenters. The van der Waals surface area contributed by atoms with Gasteiger partial charge in [0.15, 0.2) is 0 Å². The van der Waals surface area contributed by atoms with Crippen LogP contribution in [0.5, 0.6) is 5.88 Å². The minimum atomic E-state index is 0.274. The van der Waals surface area contributed by atoms with Gasteiger partial charge in [-0.1, -0.05) is 0 Å². The average molecular weight is 208 g/mol. The van der Waals surface area contributed by atoms with Gasteiger partial charge in [0.1, 0.15) is 11.6 Å². The lowest BCUT2D eigenvalue weighted by Gasteiger charge is -2.37. The fraction of sp³-hybridized carbons (Fsp3) is 0.600. The standard InChI is InChI=1S/C10H16N4O/c1-3-15-10-4-9(12-7(2)13-10)14-5-8(11)6-14/h4,8H,3,5-6,11H2,1-2H3. The summed E-state index contributed by atoms with van der Waals surface area (Å²) in [5, 5.41) is 0. The number of aromatic nitrogens is 2. The summed E-state index contributed by atoms with van der Waals surface area (Å²) in [6.45, 7) is 6.15. The van der Waals surface area contributed by atoms with E-state index in [9.17, 15) is 0 Å². The van der Waals surface area contributed by atoms with Gasteiger partial charge in [0.05, 0.1) is 6.61 Å². The Balaban J connectivity index is 2.16. The molecule has 2 rings (SSSR count). The number of rotatable bonds is 3. The highest BCUT2D eigenvalue weighted by Crippen LogP contribution is 2.21. The van der Waals surface area contributed by atoms with Crippen LogP contribution in [-0.2, 0) is 0 Å². The Morgan fingerprint density at radius 2 is 2.27 bits per heavy atom. The lowest BCUT2D eigenvalue weighted by Crippen LogP contribution is -2.56. The number of hydrogen-bond donors (Lipinski definition) is 1. The summed E-state index contributed by atoms with van der Waals surface area (Å²) in [4.78, 5) is 10.7. The Bertz CT molecular complexity index is 349. The molecular formula is C10H16N4O. The van der Waals surface area contributed by atoms with Crippen LogP contribution < -0.4 is 15.4 Å². The molecule has 15 heavy (non-hydrogen) atoms. The van der Waals surface area contributed by atoms with Gasteiger partial charge in [-0.15, -0.1) is 0 Å². The first-order valence-corrected chi connectivity index (χ1v) is 5.18. The Kier molecular flexibility index (Phi) is 2.73. The van der Waals surface area contributed by atoms with Crippen LogP contribution in [-0.4, -0.2) is 35.7 Å². The number of ether oxygens (including phenoxy) is 1. The van der Waals surface area contributed by atoms with E-state index in [4.69, 9.17) is 10.5 Å². The number of aryl methyl sites for hydroxylation is 1. The van der Waals surface area contributed by atoms with E-state index in [1.165, 1.54) is 0 Å². The first-order chi connectivity index (χ1) is 7.19. The topological polar surface area (TPSA) is 64.3 Å². The maximum Gasteiger partial charge on any atom is 0.218 e. The predicted molar refractivity (Wildman–Crippen MR) is 58.1 cm³/mol. The van der Waals surface area contributed by atoms with Crippen molar-refractivity contribution in [3.63, 3.8) is 0 Å². The molecule has 1 aromatic rings. The van der Waals surface area contributed by atoms with Gasteiger partial charge < -0.3 is 15.4 Å². The SMILES string of the molecule is CCOc1cc(N2CC(N)C2)nc(C)n1. The van der Waals surface area contributed by atoms with Crippen LogP contribution in [0.2, 0.25) is 0 Å². The maximum absolute atomic E-state index is 5.72. The number of anilines is 1. The molecule has 0 unspecified atom stereocenters. The number of nitrogens with zero attached hydrogens (tertiary/aromatic N) is 3. The lowest BCUT2D eigenvalue weighted by atomic mass is 10.1. The Hall–Kier alpha value is -1.36. The molecule has 0 amide bonds. The summed E-state index contributed by atoms with van der Waals surface area (Å²) in [6.07, 6.45) is 0. The average Bonchev–Trinajstić information content (AvgIpc) is 2.12. The molecule has 0 bridgehead atoms. The Morgan fingerprint density at radius 1 is 1.53 bits per heavy atom. The summed E-state index contributed by atoms with van der Waals surface area (Å²) in [5.41, 5.74) is 5.72. The van der Waals surface area contributed by atoms with Crippen molar-refractivity contribution in [2.45, 2.75) is 19.9 Å². The Morgan fingerprint density at radius 3 is 2.87 bits per heavy atom. The minimum Gasteiger partial charge on any atom is -0.478 e. The van der Waals surface area contributed by atoms with Gasteiger partial charge in [-0.3, -0.25) is 0 Å². The van der Waals surface area contributed by atoms with Gasteiger partial charge in [0, 0.05) is 25.2 Å².